The predicted molar refractivity (Wildman–Crippen MR) is 72.8 cm³/mol. The fraction of sp³-hybridized carbons (Fsp3) is 0.231. The molecule has 1 aromatic heterocycles. The van der Waals surface area contributed by atoms with E-state index in [1.165, 1.54) is 6.07 Å². The standard InChI is InChI=1S/C13H16N4O2/c14-12-8-11(16-17-12)13(19)15-10-5-1-3-9(7-10)4-2-6-18/h1,3,5,7-8,18H,2,4,6H2,(H,15,19)(H3,14,16,17). The van der Waals surface area contributed by atoms with Crippen LogP contribution in [0.25, 0.3) is 0 Å². The number of rotatable bonds is 5. The van der Waals surface area contributed by atoms with E-state index in [1.807, 2.05) is 18.2 Å². The molecule has 5 N–H and O–H groups in total. The molecular formula is C13H16N4O2. The van der Waals surface area contributed by atoms with Gasteiger partial charge in [-0.1, -0.05) is 12.1 Å². The number of nitrogens with zero attached hydrogens (tertiary/aromatic N) is 1. The Kier molecular flexibility index (Phi) is 4.15. The molecule has 2 aromatic rings. The molecule has 0 aliphatic rings. The van der Waals surface area contributed by atoms with Gasteiger partial charge in [-0.3, -0.25) is 9.89 Å². The van der Waals surface area contributed by atoms with Gasteiger partial charge in [0.2, 0.25) is 0 Å². The van der Waals surface area contributed by atoms with Crippen molar-refractivity contribution in [2.24, 2.45) is 0 Å². The van der Waals surface area contributed by atoms with Crippen LogP contribution in [0.3, 0.4) is 0 Å². The van der Waals surface area contributed by atoms with Crippen LogP contribution in [0.5, 0.6) is 0 Å². The van der Waals surface area contributed by atoms with Crippen molar-refractivity contribution < 1.29 is 9.90 Å². The van der Waals surface area contributed by atoms with Crippen LogP contribution < -0.4 is 11.1 Å². The number of carbonyl (C=O) groups excluding carboxylic acids is 1. The number of amides is 1. The third-order valence-electron chi connectivity index (χ3n) is 2.65. The third-order valence-corrected chi connectivity index (χ3v) is 2.65. The van der Waals surface area contributed by atoms with Crippen molar-refractivity contribution >= 4 is 17.4 Å². The van der Waals surface area contributed by atoms with Crippen LogP contribution in [0.15, 0.2) is 30.3 Å². The molecule has 6 heteroatoms. The Hall–Kier alpha value is -2.34. The second-order valence-corrected chi connectivity index (χ2v) is 4.19. The Morgan fingerprint density at radius 1 is 1.42 bits per heavy atom. The van der Waals surface area contributed by atoms with Crippen LogP contribution >= 0.6 is 0 Å². The molecule has 19 heavy (non-hydrogen) atoms. The maximum absolute atomic E-state index is 11.9. The second-order valence-electron chi connectivity index (χ2n) is 4.19. The minimum Gasteiger partial charge on any atom is -0.396 e. The molecule has 0 aliphatic carbocycles. The lowest BCUT2D eigenvalue weighted by Gasteiger charge is -2.06. The Morgan fingerprint density at radius 3 is 2.95 bits per heavy atom. The maximum Gasteiger partial charge on any atom is 0.273 e. The first-order valence-corrected chi connectivity index (χ1v) is 6.01. The Morgan fingerprint density at radius 2 is 2.26 bits per heavy atom. The smallest absolute Gasteiger partial charge is 0.273 e. The van der Waals surface area contributed by atoms with Gasteiger partial charge in [-0.05, 0) is 30.5 Å². The number of nitrogens with one attached hydrogen (secondary N) is 2. The molecule has 1 aromatic carbocycles. The lowest BCUT2D eigenvalue weighted by Crippen LogP contribution is -2.12. The highest BCUT2D eigenvalue weighted by Crippen LogP contribution is 2.13. The van der Waals surface area contributed by atoms with Gasteiger partial charge in [0.1, 0.15) is 11.5 Å². The topological polar surface area (TPSA) is 104 Å². The number of nitrogens with two attached hydrogens (primary N) is 1. The minimum atomic E-state index is -0.288. The number of carbonyl (C=O) groups is 1. The number of aryl methyl sites for hydroxylation is 1. The van der Waals surface area contributed by atoms with Crippen molar-refractivity contribution in [2.75, 3.05) is 17.7 Å². The first-order chi connectivity index (χ1) is 9.19. The number of nitrogen functional groups attached to an aromatic ring is 1. The van der Waals surface area contributed by atoms with Crippen LogP contribution in [0, 0.1) is 0 Å². The van der Waals surface area contributed by atoms with Crippen LogP contribution in [-0.2, 0) is 6.42 Å². The monoisotopic (exact) mass is 260 g/mol. The normalized spacial score (nSPS) is 10.4. The van der Waals surface area contributed by atoms with E-state index in [2.05, 4.69) is 15.5 Å². The molecule has 0 radical (unpaired) electrons. The number of aliphatic hydroxyl groups is 1. The molecule has 0 saturated carbocycles. The zero-order chi connectivity index (χ0) is 13.7. The van der Waals surface area contributed by atoms with Gasteiger partial charge in [0.25, 0.3) is 5.91 Å². The van der Waals surface area contributed by atoms with Crippen molar-refractivity contribution in [3.05, 3.63) is 41.6 Å². The van der Waals surface area contributed by atoms with Gasteiger partial charge in [-0.15, -0.1) is 0 Å². The average Bonchev–Trinajstić information content (AvgIpc) is 2.83. The van der Waals surface area contributed by atoms with E-state index < -0.39 is 0 Å². The van der Waals surface area contributed by atoms with Gasteiger partial charge in [0.05, 0.1) is 0 Å². The Balaban J connectivity index is 2.04. The molecule has 0 saturated heterocycles. The summed E-state index contributed by atoms with van der Waals surface area (Å²) in [4.78, 5) is 11.9. The minimum absolute atomic E-state index is 0.157. The molecule has 0 fully saturated rings. The van der Waals surface area contributed by atoms with Gasteiger partial charge in [0.15, 0.2) is 0 Å². The van der Waals surface area contributed by atoms with Crippen LogP contribution in [-0.4, -0.2) is 27.8 Å². The van der Waals surface area contributed by atoms with E-state index in [-0.39, 0.29) is 18.3 Å². The molecule has 1 heterocycles. The summed E-state index contributed by atoms with van der Waals surface area (Å²) in [5.74, 6) is -0.00893. The lowest BCUT2D eigenvalue weighted by molar-refractivity contribution is 0.102. The van der Waals surface area contributed by atoms with E-state index >= 15 is 0 Å². The third kappa shape index (κ3) is 3.56. The van der Waals surface area contributed by atoms with Crippen molar-refractivity contribution in [3.63, 3.8) is 0 Å². The number of benzene rings is 1. The van der Waals surface area contributed by atoms with E-state index in [1.54, 1.807) is 6.07 Å². The highest BCUT2D eigenvalue weighted by Gasteiger charge is 2.09. The van der Waals surface area contributed by atoms with Gasteiger partial charge >= 0.3 is 0 Å². The van der Waals surface area contributed by atoms with Crippen LogP contribution in [0.4, 0.5) is 11.5 Å². The molecule has 0 unspecified atom stereocenters. The summed E-state index contributed by atoms with van der Waals surface area (Å²) in [5.41, 5.74) is 7.53. The number of aromatic nitrogens is 2. The molecule has 0 spiro atoms. The molecule has 0 atom stereocenters. The van der Waals surface area contributed by atoms with Gasteiger partial charge in [-0.25, -0.2) is 0 Å². The summed E-state index contributed by atoms with van der Waals surface area (Å²) in [7, 11) is 0. The Bertz CT molecular complexity index is 565. The molecule has 0 bridgehead atoms. The van der Waals surface area contributed by atoms with Crippen LogP contribution in [0.1, 0.15) is 22.5 Å². The maximum atomic E-state index is 11.9. The first-order valence-electron chi connectivity index (χ1n) is 6.01. The van der Waals surface area contributed by atoms with Crippen molar-refractivity contribution in [2.45, 2.75) is 12.8 Å². The number of hydrogen-bond acceptors (Lipinski definition) is 4. The van der Waals surface area contributed by atoms with Gasteiger partial charge in [0, 0.05) is 18.4 Å². The van der Waals surface area contributed by atoms with Crippen LogP contribution in [0.2, 0.25) is 0 Å². The summed E-state index contributed by atoms with van der Waals surface area (Å²) in [6, 6.07) is 8.99. The number of H-pyrrole nitrogens is 1. The predicted octanol–water partition coefficient (Wildman–Crippen LogP) is 1.17. The first kappa shape index (κ1) is 13.1. The second kappa shape index (κ2) is 6.01. The SMILES string of the molecule is Nc1cc(C(=O)Nc2cccc(CCCO)c2)[nH]n1. The Labute approximate surface area is 110 Å². The van der Waals surface area contributed by atoms with E-state index in [4.69, 9.17) is 10.8 Å². The summed E-state index contributed by atoms with van der Waals surface area (Å²) in [5, 5.41) is 17.8. The highest BCUT2D eigenvalue weighted by atomic mass is 16.2. The largest absolute Gasteiger partial charge is 0.396 e. The highest BCUT2D eigenvalue weighted by molar-refractivity contribution is 6.03. The van der Waals surface area contributed by atoms with E-state index in [0.717, 1.165) is 12.0 Å². The molecule has 2 rings (SSSR count). The molecule has 100 valence electrons. The van der Waals surface area contributed by atoms with E-state index in [0.29, 0.717) is 17.8 Å². The van der Waals surface area contributed by atoms with Crippen molar-refractivity contribution in [1.29, 1.82) is 0 Å². The van der Waals surface area contributed by atoms with E-state index in [9.17, 15) is 4.79 Å². The number of hydrogen-bond donors (Lipinski definition) is 4. The molecular weight excluding hydrogens is 244 g/mol. The number of aromatic amines is 1. The average molecular weight is 260 g/mol. The summed E-state index contributed by atoms with van der Waals surface area (Å²) >= 11 is 0. The molecule has 1 amide bonds. The van der Waals surface area contributed by atoms with Crippen molar-refractivity contribution in [3.8, 4) is 0 Å². The summed E-state index contributed by atoms with van der Waals surface area (Å²) < 4.78 is 0. The number of aliphatic hydroxyl groups excluding tert-OH is 1. The van der Waals surface area contributed by atoms with Gasteiger partial charge in [-0.2, -0.15) is 5.10 Å². The van der Waals surface area contributed by atoms with Crippen molar-refractivity contribution in [1.82, 2.24) is 10.2 Å². The fourth-order valence-electron chi connectivity index (χ4n) is 1.74. The zero-order valence-corrected chi connectivity index (χ0v) is 10.4. The lowest BCUT2D eigenvalue weighted by atomic mass is 10.1. The summed E-state index contributed by atoms with van der Waals surface area (Å²) in [6.07, 6.45) is 1.48. The molecule has 0 aliphatic heterocycles. The van der Waals surface area contributed by atoms with Gasteiger partial charge < -0.3 is 16.2 Å². The zero-order valence-electron chi connectivity index (χ0n) is 10.4. The molecule has 6 nitrogen and oxygen atoms in total. The summed E-state index contributed by atoms with van der Waals surface area (Å²) in [6.45, 7) is 0.157. The quantitative estimate of drug-likeness (QED) is 0.647. The fourth-order valence-corrected chi connectivity index (χ4v) is 1.74. The number of anilines is 2.